The smallest absolute Gasteiger partial charge is 0.337 e. The summed E-state index contributed by atoms with van der Waals surface area (Å²) in [6.45, 7) is 4.93. The molecule has 0 aliphatic carbocycles. The van der Waals surface area contributed by atoms with Gasteiger partial charge in [0, 0.05) is 31.0 Å². The van der Waals surface area contributed by atoms with Crippen molar-refractivity contribution in [3.63, 3.8) is 0 Å². The molecule has 1 aliphatic rings. The Morgan fingerprint density at radius 3 is 2.44 bits per heavy atom. The monoisotopic (exact) mass is 391 g/mol. The molecular formula is C18H21N3O5S. The van der Waals surface area contributed by atoms with Gasteiger partial charge in [-0.3, -0.25) is 9.52 Å². The van der Waals surface area contributed by atoms with Crippen molar-refractivity contribution in [1.29, 1.82) is 0 Å². The van der Waals surface area contributed by atoms with E-state index in [0.717, 1.165) is 0 Å². The van der Waals surface area contributed by atoms with Crippen LogP contribution in [0, 0.1) is 0 Å². The van der Waals surface area contributed by atoms with Gasteiger partial charge in [-0.25, -0.2) is 13.2 Å². The minimum absolute atomic E-state index is 0.0218. The van der Waals surface area contributed by atoms with Crippen LogP contribution in [0.4, 0.5) is 5.69 Å². The molecule has 1 aromatic heterocycles. The second kappa shape index (κ2) is 7.07. The van der Waals surface area contributed by atoms with Crippen LogP contribution in [0.2, 0.25) is 0 Å². The second-order valence-corrected chi connectivity index (χ2v) is 8.20. The molecule has 3 rings (SSSR count). The van der Waals surface area contributed by atoms with Crippen molar-refractivity contribution >= 4 is 27.6 Å². The van der Waals surface area contributed by atoms with Crippen LogP contribution in [0.15, 0.2) is 41.4 Å². The van der Waals surface area contributed by atoms with Crippen LogP contribution in [0.5, 0.6) is 0 Å². The summed E-state index contributed by atoms with van der Waals surface area (Å²) >= 11 is 0. The van der Waals surface area contributed by atoms with E-state index in [1.165, 1.54) is 43.6 Å². The molecule has 0 unspecified atom stereocenters. The number of methoxy groups -OCH3 is 1. The van der Waals surface area contributed by atoms with E-state index in [1.54, 1.807) is 9.47 Å². The number of sulfonamides is 1. The van der Waals surface area contributed by atoms with Gasteiger partial charge < -0.3 is 14.2 Å². The molecule has 0 radical (unpaired) electrons. The molecule has 9 heteroatoms. The van der Waals surface area contributed by atoms with Gasteiger partial charge in [-0.2, -0.15) is 0 Å². The van der Waals surface area contributed by atoms with Crippen LogP contribution >= 0.6 is 0 Å². The number of anilines is 1. The van der Waals surface area contributed by atoms with Crippen molar-refractivity contribution in [3.05, 3.63) is 47.8 Å². The standard InChI is InChI=1S/C18H21N3O5S/c1-12(2)21-9-8-20-11-15(10-16(20)17(21)22)27(24,25)19-14-6-4-13(5-7-14)18(23)26-3/h4-7,10-12,19H,8-9H2,1-3H3. The molecule has 0 spiro atoms. The van der Waals surface area contributed by atoms with Crippen molar-refractivity contribution in [1.82, 2.24) is 9.47 Å². The van der Waals surface area contributed by atoms with Crippen LogP contribution in [0.1, 0.15) is 34.7 Å². The number of nitrogens with one attached hydrogen (secondary N) is 1. The number of hydrogen-bond donors (Lipinski definition) is 1. The van der Waals surface area contributed by atoms with Crippen molar-refractivity contribution in [2.45, 2.75) is 31.3 Å². The van der Waals surface area contributed by atoms with E-state index in [-0.39, 0.29) is 16.8 Å². The van der Waals surface area contributed by atoms with Gasteiger partial charge in [-0.15, -0.1) is 0 Å². The molecule has 0 bridgehead atoms. The second-order valence-electron chi connectivity index (χ2n) is 6.52. The fourth-order valence-electron chi connectivity index (χ4n) is 2.96. The maximum absolute atomic E-state index is 12.7. The van der Waals surface area contributed by atoms with E-state index in [9.17, 15) is 18.0 Å². The Morgan fingerprint density at radius 2 is 1.85 bits per heavy atom. The third-order valence-corrected chi connectivity index (χ3v) is 5.77. The molecule has 8 nitrogen and oxygen atoms in total. The molecule has 2 heterocycles. The van der Waals surface area contributed by atoms with E-state index in [1.807, 2.05) is 13.8 Å². The molecule has 0 saturated heterocycles. The van der Waals surface area contributed by atoms with Gasteiger partial charge in [-0.1, -0.05) is 0 Å². The van der Waals surface area contributed by atoms with Crippen molar-refractivity contribution in [2.24, 2.45) is 0 Å². The van der Waals surface area contributed by atoms with Crippen molar-refractivity contribution in [3.8, 4) is 0 Å². The molecule has 1 aliphatic heterocycles. The Kier molecular flexibility index (Phi) is 4.97. The Balaban J connectivity index is 1.83. The largest absolute Gasteiger partial charge is 0.465 e. The summed E-state index contributed by atoms with van der Waals surface area (Å²) < 4.78 is 34.1. The normalized spacial score (nSPS) is 14.2. The van der Waals surface area contributed by atoms with Gasteiger partial charge >= 0.3 is 5.97 Å². The van der Waals surface area contributed by atoms with E-state index >= 15 is 0 Å². The van der Waals surface area contributed by atoms with Crippen LogP contribution in [0.25, 0.3) is 0 Å². The highest BCUT2D eigenvalue weighted by molar-refractivity contribution is 7.92. The summed E-state index contributed by atoms with van der Waals surface area (Å²) in [7, 11) is -2.59. The minimum atomic E-state index is -3.86. The highest BCUT2D eigenvalue weighted by Crippen LogP contribution is 2.23. The van der Waals surface area contributed by atoms with Crippen LogP contribution in [-0.4, -0.2) is 49.5 Å². The Morgan fingerprint density at radius 1 is 1.19 bits per heavy atom. The summed E-state index contributed by atoms with van der Waals surface area (Å²) in [6, 6.07) is 7.34. The van der Waals surface area contributed by atoms with E-state index in [0.29, 0.717) is 30.0 Å². The average Bonchev–Trinajstić information content (AvgIpc) is 3.07. The first-order valence-electron chi connectivity index (χ1n) is 8.45. The number of fused-ring (bicyclic) bond motifs is 1. The summed E-state index contributed by atoms with van der Waals surface area (Å²) in [5.74, 6) is -0.683. The minimum Gasteiger partial charge on any atom is -0.465 e. The van der Waals surface area contributed by atoms with Gasteiger partial charge in [0.15, 0.2) is 0 Å². The average molecular weight is 391 g/mol. The van der Waals surface area contributed by atoms with E-state index in [2.05, 4.69) is 9.46 Å². The Hall–Kier alpha value is -2.81. The SMILES string of the molecule is COC(=O)c1ccc(NS(=O)(=O)c2cc3n(c2)CCN(C(C)C)C3=O)cc1. The lowest BCUT2D eigenvalue weighted by atomic mass is 10.2. The first-order valence-corrected chi connectivity index (χ1v) is 9.93. The molecular weight excluding hydrogens is 370 g/mol. The molecule has 2 aromatic rings. The molecule has 1 aromatic carbocycles. The lowest BCUT2D eigenvalue weighted by molar-refractivity contribution is 0.0599. The molecule has 27 heavy (non-hydrogen) atoms. The zero-order valence-electron chi connectivity index (χ0n) is 15.3. The maximum atomic E-state index is 12.7. The first-order chi connectivity index (χ1) is 12.7. The molecule has 0 atom stereocenters. The number of rotatable bonds is 5. The van der Waals surface area contributed by atoms with E-state index in [4.69, 9.17) is 0 Å². The molecule has 0 fully saturated rings. The Bertz CT molecular complexity index is 977. The maximum Gasteiger partial charge on any atom is 0.337 e. The highest BCUT2D eigenvalue weighted by atomic mass is 32.2. The predicted molar refractivity (Wildman–Crippen MR) is 99.2 cm³/mol. The zero-order chi connectivity index (χ0) is 19.8. The molecule has 0 saturated carbocycles. The number of aromatic nitrogens is 1. The van der Waals surface area contributed by atoms with Gasteiger partial charge in [0.05, 0.1) is 12.7 Å². The van der Waals surface area contributed by atoms with Gasteiger partial charge in [0.2, 0.25) is 0 Å². The number of amides is 1. The zero-order valence-corrected chi connectivity index (χ0v) is 16.1. The lowest BCUT2D eigenvalue weighted by Gasteiger charge is -2.31. The number of esters is 1. The Labute approximate surface area is 157 Å². The van der Waals surface area contributed by atoms with Gasteiger partial charge in [-0.05, 0) is 44.2 Å². The fraction of sp³-hybridized carbons (Fsp3) is 0.333. The predicted octanol–water partition coefficient (Wildman–Crippen LogP) is 1.94. The fourth-order valence-corrected chi connectivity index (χ4v) is 4.05. The summed E-state index contributed by atoms with van der Waals surface area (Å²) in [5.41, 5.74) is 0.984. The number of carbonyl (C=O) groups is 2. The number of benzene rings is 1. The lowest BCUT2D eigenvalue weighted by Crippen LogP contribution is -2.43. The molecule has 144 valence electrons. The third kappa shape index (κ3) is 3.68. The van der Waals surface area contributed by atoms with Crippen molar-refractivity contribution < 1.29 is 22.7 Å². The van der Waals surface area contributed by atoms with Gasteiger partial charge in [0.25, 0.3) is 15.9 Å². The number of ether oxygens (including phenoxy) is 1. The third-order valence-electron chi connectivity index (χ3n) is 4.43. The van der Waals surface area contributed by atoms with E-state index < -0.39 is 16.0 Å². The first kappa shape index (κ1) is 19.0. The van der Waals surface area contributed by atoms with Crippen LogP contribution in [0.3, 0.4) is 0 Å². The number of carbonyl (C=O) groups excluding carboxylic acids is 2. The van der Waals surface area contributed by atoms with Gasteiger partial charge in [0.1, 0.15) is 10.6 Å². The summed E-state index contributed by atoms with van der Waals surface area (Å²) in [5, 5.41) is 0. The van der Waals surface area contributed by atoms with Crippen LogP contribution < -0.4 is 4.72 Å². The topological polar surface area (TPSA) is 97.7 Å². The quantitative estimate of drug-likeness (QED) is 0.786. The van der Waals surface area contributed by atoms with Crippen molar-refractivity contribution in [2.75, 3.05) is 18.4 Å². The number of hydrogen-bond acceptors (Lipinski definition) is 5. The van der Waals surface area contributed by atoms with Crippen LogP contribution in [-0.2, 0) is 21.3 Å². The molecule has 1 N–H and O–H groups in total. The molecule has 1 amide bonds. The highest BCUT2D eigenvalue weighted by Gasteiger charge is 2.29. The summed E-state index contributed by atoms with van der Waals surface area (Å²) in [6.07, 6.45) is 1.47. The summed E-state index contributed by atoms with van der Waals surface area (Å²) in [4.78, 5) is 25.7. The number of nitrogens with zero attached hydrogens (tertiary/aromatic N) is 2.